The highest BCUT2D eigenvalue weighted by Crippen LogP contribution is 2.29. The molecule has 17 heavy (non-hydrogen) atoms. The molecule has 0 aliphatic carbocycles. The minimum Gasteiger partial charge on any atom is -0.497 e. The fraction of sp³-hybridized carbons (Fsp3) is 0.462. The van der Waals surface area contributed by atoms with Crippen molar-refractivity contribution in [1.82, 2.24) is 10.2 Å². The van der Waals surface area contributed by atoms with E-state index in [1.54, 1.807) is 14.2 Å². The maximum atomic E-state index is 11.5. The van der Waals surface area contributed by atoms with E-state index in [9.17, 15) is 4.79 Å². The molecule has 2 rings (SSSR count). The highest BCUT2D eigenvalue weighted by atomic mass is 16.5. The Morgan fingerprint density at radius 3 is 3.06 bits per heavy atom. The van der Waals surface area contributed by atoms with Crippen molar-refractivity contribution in [3.05, 3.63) is 29.8 Å². The van der Waals surface area contributed by atoms with E-state index in [-0.39, 0.29) is 6.03 Å². The van der Waals surface area contributed by atoms with E-state index in [2.05, 4.69) is 17.4 Å². The van der Waals surface area contributed by atoms with Crippen LogP contribution in [-0.2, 0) is 0 Å². The van der Waals surface area contributed by atoms with Crippen molar-refractivity contribution >= 4 is 6.03 Å². The average molecular weight is 234 g/mol. The minimum absolute atomic E-state index is 0.00963. The highest BCUT2D eigenvalue weighted by Gasteiger charge is 2.26. The van der Waals surface area contributed by atoms with Gasteiger partial charge in [0.2, 0.25) is 0 Å². The van der Waals surface area contributed by atoms with Crippen molar-refractivity contribution in [2.45, 2.75) is 12.3 Å². The number of nitrogens with zero attached hydrogens (tertiary/aromatic N) is 1. The van der Waals surface area contributed by atoms with E-state index in [4.69, 9.17) is 4.74 Å². The van der Waals surface area contributed by atoms with Gasteiger partial charge in [-0.05, 0) is 24.1 Å². The number of carbonyl (C=O) groups excluding carboxylic acids is 1. The van der Waals surface area contributed by atoms with Gasteiger partial charge in [-0.1, -0.05) is 12.1 Å². The van der Waals surface area contributed by atoms with Gasteiger partial charge in [0.1, 0.15) is 5.75 Å². The zero-order chi connectivity index (χ0) is 12.3. The number of methoxy groups -OCH3 is 1. The van der Waals surface area contributed by atoms with Crippen LogP contribution in [0.3, 0.4) is 0 Å². The summed E-state index contributed by atoms with van der Waals surface area (Å²) in [6.45, 7) is 1.61. The lowest BCUT2D eigenvalue weighted by Crippen LogP contribution is -2.36. The van der Waals surface area contributed by atoms with Crippen LogP contribution >= 0.6 is 0 Å². The summed E-state index contributed by atoms with van der Waals surface area (Å²) in [5.74, 6) is 1.29. The van der Waals surface area contributed by atoms with Crippen LogP contribution in [0.25, 0.3) is 0 Å². The topological polar surface area (TPSA) is 41.6 Å². The molecule has 1 aliphatic rings. The van der Waals surface area contributed by atoms with E-state index in [0.717, 1.165) is 25.3 Å². The Morgan fingerprint density at radius 1 is 1.53 bits per heavy atom. The van der Waals surface area contributed by atoms with E-state index in [1.807, 2.05) is 17.0 Å². The maximum absolute atomic E-state index is 11.5. The molecule has 1 aromatic carbocycles. The Kier molecular flexibility index (Phi) is 3.52. The maximum Gasteiger partial charge on any atom is 0.317 e. The second kappa shape index (κ2) is 5.08. The van der Waals surface area contributed by atoms with Gasteiger partial charge in [-0.15, -0.1) is 0 Å². The van der Waals surface area contributed by atoms with Crippen LogP contribution in [0, 0.1) is 0 Å². The predicted octanol–water partition coefficient (Wildman–Crippen LogP) is 1.82. The SMILES string of the molecule is CNC(=O)N1CCC(c2cccc(OC)c2)C1. The smallest absolute Gasteiger partial charge is 0.317 e. The molecule has 4 nitrogen and oxygen atoms in total. The van der Waals surface area contributed by atoms with Crippen LogP contribution in [0.1, 0.15) is 17.9 Å². The largest absolute Gasteiger partial charge is 0.497 e. The molecule has 0 spiro atoms. The Balaban J connectivity index is 2.07. The van der Waals surface area contributed by atoms with Gasteiger partial charge < -0.3 is 15.0 Å². The third-order valence-corrected chi connectivity index (χ3v) is 3.25. The van der Waals surface area contributed by atoms with Gasteiger partial charge >= 0.3 is 6.03 Å². The summed E-state index contributed by atoms with van der Waals surface area (Å²) >= 11 is 0. The summed E-state index contributed by atoms with van der Waals surface area (Å²) in [6, 6.07) is 8.10. The lowest BCUT2D eigenvalue weighted by atomic mass is 9.98. The van der Waals surface area contributed by atoms with E-state index in [0.29, 0.717) is 5.92 Å². The summed E-state index contributed by atoms with van der Waals surface area (Å²) in [5.41, 5.74) is 1.25. The summed E-state index contributed by atoms with van der Waals surface area (Å²) in [6.07, 6.45) is 1.01. The molecule has 1 heterocycles. The molecule has 2 amide bonds. The molecular formula is C13H18N2O2. The predicted molar refractivity (Wildman–Crippen MR) is 66.4 cm³/mol. The van der Waals surface area contributed by atoms with E-state index >= 15 is 0 Å². The molecule has 0 bridgehead atoms. The summed E-state index contributed by atoms with van der Waals surface area (Å²) in [7, 11) is 3.34. The van der Waals surface area contributed by atoms with Gasteiger partial charge in [0, 0.05) is 26.1 Å². The highest BCUT2D eigenvalue weighted by molar-refractivity contribution is 5.74. The first-order valence-corrected chi connectivity index (χ1v) is 5.85. The lowest BCUT2D eigenvalue weighted by Gasteiger charge is -2.16. The van der Waals surface area contributed by atoms with E-state index < -0.39 is 0 Å². The molecule has 4 heteroatoms. The minimum atomic E-state index is 0.00963. The normalized spacial score (nSPS) is 19.2. The number of hydrogen-bond acceptors (Lipinski definition) is 2. The van der Waals surface area contributed by atoms with E-state index in [1.165, 1.54) is 5.56 Å². The number of amides is 2. The molecule has 1 unspecified atom stereocenters. The Labute approximate surface area is 102 Å². The molecule has 1 fully saturated rings. The molecule has 0 aromatic heterocycles. The van der Waals surface area contributed by atoms with Crippen LogP contribution < -0.4 is 10.1 Å². The first-order chi connectivity index (χ1) is 8.24. The van der Waals surface area contributed by atoms with Gasteiger partial charge in [0.25, 0.3) is 0 Å². The third kappa shape index (κ3) is 2.52. The van der Waals surface area contributed by atoms with Gasteiger partial charge in [-0.3, -0.25) is 0 Å². The number of carbonyl (C=O) groups is 1. The molecule has 1 saturated heterocycles. The number of rotatable bonds is 2. The lowest BCUT2D eigenvalue weighted by molar-refractivity contribution is 0.210. The van der Waals surface area contributed by atoms with Crippen molar-refractivity contribution in [2.75, 3.05) is 27.2 Å². The number of nitrogens with one attached hydrogen (secondary N) is 1. The second-order valence-corrected chi connectivity index (χ2v) is 4.26. The third-order valence-electron chi connectivity index (χ3n) is 3.25. The van der Waals surface area contributed by atoms with Crippen LogP contribution in [0.2, 0.25) is 0 Å². The molecule has 1 N–H and O–H groups in total. The van der Waals surface area contributed by atoms with Crippen molar-refractivity contribution in [3.8, 4) is 5.75 Å². The van der Waals surface area contributed by atoms with Gasteiger partial charge in [0.15, 0.2) is 0 Å². The van der Waals surface area contributed by atoms with Gasteiger partial charge in [0.05, 0.1) is 7.11 Å². The fourth-order valence-corrected chi connectivity index (χ4v) is 2.27. The van der Waals surface area contributed by atoms with Crippen LogP contribution in [-0.4, -0.2) is 38.2 Å². The molecule has 92 valence electrons. The second-order valence-electron chi connectivity index (χ2n) is 4.26. The molecule has 1 atom stereocenters. The first-order valence-electron chi connectivity index (χ1n) is 5.85. The number of likely N-dealkylation sites (tertiary alicyclic amines) is 1. The standard InChI is InChI=1S/C13H18N2O2/c1-14-13(16)15-7-6-11(9-15)10-4-3-5-12(8-10)17-2/h3-5,8,11H,6-7,9H2,1-2H3,(H,14,16). The van der Waals surface area contributed by atoms with Crippen molar-refractivity contribution < 1.29 is 9.53 Å². The summed E-state index contributed by atoms with van der Waals surface area (Å²) in [5, 5.41) is 2.66. The summed E-state index contributed by atoms with van der Waals surface area (Å²) < 4.78 is 5.22. The quantitative estimate of drug-likeness (QED) is 0.848. The Hall–Kier alpha value is -1.71. The van der Waals surface area contributed by atoms with Crippen molar-refractivity contribution in [2.24, 2.45) is 0 Å². The van der Waals surface area contributed by atoms with Crippen molar-refractivity contribution in [3.63, 3.8) is 0 Å². The molecular weight excluding hydrogens is 216 g/mol. The summed E-state index contributed by atoms with van der Waals surface area (Å²) in [4.78, 5) is 13.4. The monoisotopic (exact) mass is 234 g/mol. The zero-order valence-electron chi connectivity index (χ0n) is 10.3. The van der Waals surface area contributed by atoms with Gasteiger partial charge in [-0.25, -0.2) is 4.79 Å². The number of benzene rings is 1. The first kappa shape index (κ1) is 11.8. The van der Waals surface area contributed by atoms with Gasteiger partial charge in [-0.2, -0.15) is 0 Å². The number of hydrogen-bond donors (Lipinski definition) is 1. The Morgan fingerprint density at radius 2 is 2.35 bits per heavy atom. The zero-order valence-corrected chi connectivity index (χ0v) is 10.3. The Bertz CT molecular complexity index is 406. The number of urea groups is 1. The molecule has 1 aromatic rings. The number of ether oxygens (including phenoxy) is 1. The molecule has 1 aliphatic heterocycles. The van der Waals surface area contributed by atoms with Crippen molar-refractivity contribution in [1.29, 1.82) is 0 Å². The van der Waals surface area contributed by atoms with Crippen LogP contribution in [0.5, 0.6) is 5.75 Å². The average Bonchev–Trinajstić information content (AvgIpc) is 2.87. The van der Waals surface area contributed by atoms with Crippen LogP contribution in [0.15, 0.2) is 24.3 Å². The molecule has 0 saturated carbocycles. The fourth-order valence-electron chi connectivity index (χ4n) is 2.27. The molecule has 0 radical (unpaired) electrons. The van der Waals surface area contributed by atoms with Crippen LogP contribution in [0.4, 0.5) is 4.79 Å².